The lowest BCUT2D eigenvalue weighted by molar-refractivity contribution is 0.485. The number of alkyl halides is 1. The maximum Gasteiger partial charge on any atom is 0.246 e. The molecule has 0 saturated carbocycles. The van der Waals surface area contributed by atoms with Gasteiger partial charge in [0.15, 0.2) is 0 Å². The van der Waals surface area contributed by atoms with E-state index in [2.05, 4.69) is 0 Å². The summed E-state index contributed by atoms with van der Waals surface area (Å²) >= 11 is 5.78. The SMILES string of the molecule is CCC(Cl)P(=O)(O)c1ccccc1. The van der Waals surface area contributed by atoms with Gasteiger partial charge in [0.2, 0.25) is 7.37 Å². The summed E-state index contributed by atoms with van der Waals surface area (Å²) in [5.74, 6) is 0. The Morgan fingerprint density at radius 1 is 1.46 bits per heavy atom. The molecular weight excluding hydrogens is 207 g/mol. The standard InChI is InChI=1S/C9H12ClO2P/c1-2-9(10)13(11,12)8-6-4-3-5-7-8/h3-7,9H,2H2,1H3,(H,11,12). The Bertz CT molecular complexity index is 313. The second kappa shape index (κ2) is 4.28. The van der Waals surface area contributed by atoms with Crippen molar-refractivity contribution in [1.29, 1.82) is 0 Å². The largest absolute Gasteiger partial charge is 0.340 e. The molecule has 0 heterocycles. The van der Waals surface area contributed by atoms with Gasteiger partial charge in [-0.3, -0.25) is 4.57 Å². The third kappa shape index (κ3) is 2.34. The van der Waals surface area contributed by atoms with Crippen LogP contribution in [0.2, 0.25) is 0 Å². The summed E-state index contributed by atoms with van der Waals surface area (Å²) < 4.78 is 11.8. The number of halogens is 1. The van der Waals surface area contributed by atoms with Crippen molar-refractivity contribution in [2.45, 2.75) is 18.5 Å². The summed E-state index contributed by atoms with van der Waals surface area (Å²) in [6, 6.07) is 8.53. The van der Waals surface area contributed by atoms with Crippen LogP contribution in [0.4, 0.5) is 0 Å². The van der Waals surface area contributed by atoms with Gasteiger partial charge in [-0.15, -0.1) is 11.6 Å². The molecule has 1 rings (SSSR count). The fourth-order valence-electron chi connectivity index (χ4n) is 1.05. The Hall–Kier alpha value is -0.300. The van der Waals surface area contributed by atoms with Crippen LogP contribution >= 0.6 is 19.0 Å². The molecule has 2 atom stereocenters. The second-order valence-corrected chi connectivity index (χ2v) is 6.02. The minimum atomic E-state index is -3.37. The Labute approximate surface area is 83.0 Å². The second-order valence-electron chi connectivity index (χ2n) is 2.80. The number of benzene rings is 1. The Morgan fingerprint density at radius 3 is 2.46 bits per heavy atom. The van der Waals surface area contributed by atoms with Crippen LogP contribution in [0.1, 0.15) is 13.3 Å². The fraction of sp³-hybridized carbons (Fsp3) is 0.333. The van der Waals surface area contributed by atoms with Crippen molar-refractivity contribution >= 4 is 24.3 Å². The van der Waals surface area contributed by atoms with Gasteiger partial charge >= 0.3 is 0 Å². The smallest absolute Gasteiger partial charge is 0.246 e. The molecular formula is C9H12ClO2P. The van der Waals surface area contributed by atoms with Gasteiger partial charge in [-0.25, -0.2) is 0 Å². The molecule has 2 unspecified atom stereocenters. The molecule has 4 heteroatoms. The molecule has 0 bridgehead atoms. The summed E-state index contributed by atoms with van der Waals surface area (Å²) in [6.07, 6.45) is 0.490. The molecule has 0 aromatic heterocycles. The summed E-state index contributed by atoms with van der Waals surface area (Å²) in [7, 11) is -3.37. The molecule has 1 aromatic rings. The van der Waals surface area contributed by atoms with Gasteiger partial charge in [0.05, 0.1) is 0 Å². The van der Waals surface area contributed by atoms with Crippen LogP contribution in [0, 0.1) is 0 Å². The molecule has 0 aliphatic carbocycles. The summed E-state index contributed by atoms with van der Waals surface area (Å²) in [5, 5.41) is -0.258. The Kier molecular flexibility index (Phi) is 3.55. The van der Waals surface area contributed by atoms with Crippen LogP contribution < -0.4 is 5.30 Å². The van der Waals surface area contributed by atoms with E-state index < -0.39 is 12.5 Å². The summed E-state index contributed by atoms with van der Waals surface area (Å²) in [5.41, 5.74) is 0. The van der Waals surface area contributed by atoms with Crippen LogP contribution in [0.3, 0.4) is 0 Å². The van der Waals surface area contributed by atoms with Crippen molar-refractivity contribution in [2.24, 2.45) is 0 Å². The van der Waals surface area contributed by atoms with E-state index in [4.69, 9.17) is 11.6 Å². The molecule has 72 valence electrons. The molecule has 0 aliphatic heterocycles. The van der Waals surface area contributed by atoms with E-state index in [1.54, 1.807) is 37.3 Å². The first-order chi connectivity index (χ1) is 6.09. The maximum absolute atomic E-state index is 11.8. The average Bonchev–Trinajstić information content (AvgIpc) is 2.18. The van der Waals surface area contributed by atoms with Crippen molar-refractivity contribution in [1.82, 2.24) is 0 Å². The average molecular weight is 219 g/mol. The van der Waals surface area contributed by atoms with Gasteiger partial charge in [0.25, 0.3) is 0 Å². The highest BCUT2D eigenvalue weighted by molar-refractivity contribution is 7.68. The predicted octanol–water partition coefficient (Wildman–Crippen LogP) is 2.56. The fourth-order valence-corrected chi connectivity index (χ4v) is 2.81. The lowest BCUT2D eigenvalue weighted by atomic mass is 10.4. The van der Waals surface area contributed by atoms with Crippen molar-refractivity contribution in [3.63, 3.8) is 0 Å². The number of hydrogen-bond donors (Lipinski definition) is 1. The quantitative estimate of drug-likeness (QED) is 0.625. The Morgan fingerprint density at radius 2 is 2.00 bits per heavy atom. The van der Waals surface area contributed by atoms with Crippen LogP contribution in [-0.2, 0) is 4.57 Å². The van der Waals surface area contributed by atoms with Gasteiger partial charge in [-0.1, -0.05) is 25.1 Å². The highest BCUT2D eigenvalue weighted by Crippen LogP contribution is 2.48. The van der Waals surface area contributed by atoms with E-state index in [-0.39, 0.29) is 0 Å². The first-order valence-corrected chi connectivity index (χ1v) is 6.27. The third-order valence-electron chi connectivity index (χ3n) is 1.84. The zero-order valence-electron chi connectivity index (χ0n) is 7.35. The molecule has 0 radical (unpaired) electrons. The van der Waals surface area contributed by atoms with E-state index in [0.717, 1.165) is 0 Å². The van der Waals surface area contributed by atoms with Gasteiger partial charge < -0.3 is 4.89 Å². The van der Waals surface area contributed by atoms with E-state index >= 15 is 0 Å². The molecule has 1 aromatic carbocycles. The van der Waals surface area contributed by atoms with Crippen molar-refractivity contribution < 1.29 is 9.46 Å². The number of rotatable bonds is 3. The van der Waals surface area contributed by atoms with Gasteiger partial charge in [-0.05, 0) is 18.6 Å². The van der Waals surface area contributed by atoms with E-state index in [0.29, 0.717) is 11.7 Å². The summed E-state index contributed by atoms with van der Waals surface area (Å²) in [6.45, 7) is 1.80. The predicted molar refractivity (Wildman–Crippen MR) is 55.8 cm³/mol. The van der Waals surface area contributed by atoms with Crippen LogP contribution in [0.5, 0.6) is 0 Å². The normalized spacial score (nSPS) is 17.8. The highest BCUT2D eigenvalue weighted by atomic mass is 35.5. The van der Waals surface area contributed by atoms with Crippen LogP contribution in [0.15, 0.2) is 30.3 Å². The molecule has 0 amide bonds. The van der Waals surface area contributed by atoms with E-state index in [1.807, 2.05) is 0 Å². The zero-order chi connectivity index (χ0) is 9.90. The van der Waals surface area contributed by atoms with Gasteiger partial charge in [-0.2, -0.15) is 0 Å². The Balaban J connectivity index is 3.01. The molecule has 0 aliphatic rings. The van der Waals surface area contributed by atoms with Crippen LogP contribution in [0.25, 0.3) is 0 Å². The molecule has 1 N–H and O–H groups in total. The molecule has 0 spiro atoms. The first-order valence-electron chi connectivity index (χ1n) is 4.11. The summed E-state index contributed by atoms with van der Waals surface area (Å²) in [4.78, 5) is 9.68. The minimum Gasteiger partial charge on any atom is -0.340 e. The first kappa shape index (κ1) is 10.8. The molecule has 0 fully saturated rings. The van der Waals surface area contributed by atoms with Gasteiger partial charge in [0, 0.05) is 5.30 Å². The van der Waals surface area contributed by atoms with E-state index in [1.165, 1.54) is 0 Å². The lowest BCUT2D eigenvalue weighted by Crippen LogP contribution is -2.11. The topological polar surface area (TPSA) is 37.3 Å². The van der Waals surface area contributed by atoms with Crippen LogP contribution in [-0.4, -0.2) is 10.0 Å². The van der Waals surface area contributed by atoms with Crippen molar-refractivity contribution in [3.05, 3.63) is 30.3 Å². The molecule has 0 saturated heterocycles. The van der Waals surface area contributed by atoms with E-state index in [9.17, 15) is 9.46 Å². The third-order valence-corrected chi connectivity index (χ3v) is 5.11. The molecule has 13 heavy (non-hydrogen) atoms. The van der Waals surface area contributed by atoms with Crippen molar-refractivity contribution in [2.75, 3.05) is 0 Å². The number of hydrogen-bond acceptors (Lipinski definition) is 1. The zero-order valence-corrected chi connectivity index (χ0v) is 9.00. The monoisotopic (exact) mass is 218 g/mol. The van der Waals surface area contributed by atoms with Crippen molar-refractivity contribution in [3.8, 4) is 0 Å². The maximum atomic E-state index is 11.8. The minimum absolute atomic E-state index is 0.428. The molecule has 2 nitrogen and oxygen atoms in total. The van der Waals surface area contributed by atoms with Gasteiger partial charge in [0.1, 0.15) is 5.12 Å². The highest BCUT2D eigenvalue weighted by Gasteiger charge is 2.29. The lowest BCUT2D eigenvalue weighted by Gasteiger charge is -2.15.